The molecular weight excluding hydrogens is 226 g/mol. The van der Waals surface area contributed by atoms with Crippen molar-refractivity contribution in [3.63, 3.8) is 0 Å². The van der Waals surface area contributed by atoms with Crippen molar-refractivity contribution < 1.29 is 8.42 Å². The predicted molar refractivity (Wildman–Crippen MR) is 59.5 cm³/mol. The summed E-state index contributed by atoms with van der Waals surface area (Å²) in [6, 6.07) is 6.51. The lowest BCUT2D eigenvalue weighted by atomic mass is 10.2. The van der Waals surface area contributed by atoms with Crippen LogP contribution in [0.3, 0.4) is 0 Å². The first-order valence-corrected chi connectivity index (χ1v) is 6.52. The normalized spacial score (nSPS) is 11.6. The molecule has 0 aliphatic heterocycles. The molecule has 16 heavy (non-hydrogen) atoms. The molecule has 0 fully saturated rings. The molecule has 0 radical (unpaired) electrons. The van der Waals surface area contributed by atoms with Crippen molar-refractivity contribution >= 4 is 9.84 Å². The number of aryl methyl sites for hydroxylation is 1. The fourth-order valence-corrected chi connectivity index (χ4v) is 1.95. The Morgan fingerprint density at radius 1 is 1.19 bits per heavy atom. The van der Waals surface area contributed by atoms with E-state index in [0.29, 0.717) is 10.7 Å². The Kier molecular flexibility index (Phi) is 2.51. The quantitative estimate of drug-likeness (QED) is 0.778. The highest BCUT2D eigenvalue weighted by molar-refractivity contribution is 7.90. The van der Waals surface area contributed by atoms with Crippen molar-refractivity contribution in [2.24, 2.45) is 7.05 Å². The van der Waals surface area contributed by atoms with Crippen molar-refractivity contribution in [3.8, 4) is 11.4 Å². The molecular formula is C10H11N3O2S. The van der Waals surface area contributed by atoms with Crippen LogP contribution in [0.5, 0.6) is 0 Å². The van der Waals surface area contributed by atoms with Crippen LogP contribution in [0.15, 0.2) is 35.5 Å². The van der Waals surface area contributed by atoms with E-state index < -0.39 is 9.84 Å². The van der Waals surface area contributed by atoms with Gasteiger partial charge in [-0.25, -0.2) is 13.4 Å². The molecule has 1 aromatic heterocycles. The van der Waals surface area contributed by atoms with Gasteiger partial charge in [0.05, 0.1) is 4.90 Å². The van der Waals surface area contributed by atoms with Crippen LogP contribution < -0.4 is 0 Å². The molecule has 0 amide bonds. The highest BCUT2D eigenvalue weighted by Crippen LogP contribution is 2.17. The third-order valence-corrected chi connectivity index (χ3v) is 3.27. The number of nitrogens with zero attached hydrogens (tertiary/aromatic N) is 3. The van der Waals surface area contributed by atoms with Crippen LogP contribution in [0.4, 0.5) is 0 Å². The second kappa shape index (κ2) is 3.71. The van der Waals surface area contributed by atoms with Gasteiger partial charge in [-0.05, 0) is 24.3 Å². The van der Waals surface area contributed by atoms with Crippen LogP contribution in [0.2, 0.25) is 0 Å². The molecule has 0 spiro atoms. The minimum atomic E-state index is -3.14. The number of aromatic nitrogens is 3. The molecule has 1 aromatic carbocycles. The summed E-state index contributed by atoms with van der Waals surface area (Å²) in [5.74, 6) is 0.586. The molecule has 6 heteroatoms. The number of hydrogen-bond acceptors (Lipinski definition) is 4. The SMILES string of the molecule is Cn1cnc(-c2ccc(S(C)(=O)=O)cc2)n1. The summed E-state index contributed by atoms with van der Waals surface area (Å²) in [4.78, 5) is 4.38. The van der Waals surface area contributed by atoms with Crippen LogP contribution in [-0.2, 0) is 16.9 Å². The van der Waals surface area contributed by atoms with Gasteiger partial charge in [0.15, 0.2) is 15.7 Å². The Morgan fingerprint density at radius 3 is 2.25 bits per heavy atom. The summed E-state index contributed by atoms with van der Waals surface area (Å²) in [7, 11) is -1.36. The van der Waals surface area contributed by atoms with E-state index in [1.165, 1.54) is 6.26 Å². The van der Waals surface area contributed by atoms with Gasteiger partial charge in [-0.1, -0.05) is 0 Å². The maximum atomic E-state index is 11.2. The Morgan fingerprint density at radius 2 is 1.81 bits per heavy atom. The lowest BCUT2D eigenvalue weighted by molar-refractivity contribution is 0.602. The van der Waals surface area contributed by atoms with Crippen LogP contribution in [0, 0.1) is 0 Å². The maximum Gasteiger partial charge on any atom is 0.181 e. The second-order valence-corrected chi connectivity index (χ2v) is 5.55. The lowest BCUT2D eigenvalue weighted by Crippen LogP contribution is -1.96. The van der Waals surface area contributed by atoms with Crippen LogP contribution in [0.25, 0.3) is 11.4 Å². The molecule has 0 N–H and O–H groups in total. The van der Waals surface area contributed by atoms with Crippen LogP contribution in [0.1, 0.15) is 0 Å². The molecule has 0 atom stereocenters. The minimum Gasteiger partial charge on any atom is -0.255 e. The van der Waals surface area contributed by atoms with Crippen LogP contribution >= 0.6 is 0 Å². The van der Waals surface area contributed by atoms with E-state index in [1.54, 1.807) is 42.3 Å². The minimum absolute atomic E-state index is 0.298. The van der Waals surface area contributed by atoms with Gasteiger partial charge in [-0.2, -0.15) is 5.10 Å². The van der Waals surface area contributed by atoms with Crippen molar-refractivity contribution in [1.29, 1.82) is 0 Å². The van der Waals surface area contributed by atoms with Crippen molar-refractivity contribution in [1.82, 2.24) is 14.8 Å². The van der Waals surface area contributed by atoms with Gasteiger partial charge in [-0.3, -0.25) is 4.68 Å². The zero-order valence-corrected chi connectivity index (χ0v) is 9.77. The number of benzene rings is 1. The molecule has 0 saturated carbocycles. The van der Waals surface area contributed by atoms with E-state index in [4.69, 9.17) is 0 Å². The van der Waals surface area contributed by atoms with Crippen LogP contribution in [-0.4, -0.2) is 29.4 Å². The predicted octanol–water partition coefficient (Wildman–Crippen LogP) is 0.886. The molecule has 0 bridgehead atoms. The first-order chi connectivity index (χ1) is 7.47. The average molecular weight is 237 g/mol. The van der Waals surface area contributed by atoms with E-state index in [9.17, 15) is 8.42 Å². The zero-order valence-electron chi connectivity index (χ0n) is 8.95. The maximum absolute atomic E-state index is 11.2. The largest absolute Gasteiger partial charge is 0.255 e. The molecule has 0 aliphatic carbocycles. The third kappa shape index (κ3) is 2.11. The summed E-state index contributed by atoms with van der Waals surface area (Å²) >= 11 is 0. The molecule has 0 unspecified atom stereocenters. The summed E-state index contributed by atoms with van der Waals surface area (Å²) in [6.07, 6.45) is 2.78. The summed E-state index contributed by atoms with van der Waals surface area (Å²) in [6.45, 7) is 0. The molecule has 0 saturated heterocycles. The van der Waals surface area contributed by atoms with Gasteiger partial charge < -0.3 is 0 Å². The number of hydrogen-bond donors (Lipinski definition) is 0. The Hall–Kier alpha value is -1.69. The number of sulfone groups is 1. The smallest absolute Gasteiger partial charge is 0.181 e. The van der Waals surface area contributed by atoms with Gasteiger partial charge in [-0.15, -0.1) is 0 Å². The van der Waals surface area contributed by atoms with Crippen molar-refractivity contribution in [3.05, 3.63) is 30.6 Å². The number of rotatable bonds is 2. The summed E-state index contributed by atoms with van der Waals surface area (Å²) in [5.41, 5.74) is 0.799. The molecule has 5 nitrogen and oxygen atoms in total. The van der Waals surface area contributed by atoms with E-state index in [0.717, 1.165) is 5.56 Å². The topological polar surface area (TPSA) is 64.8 Å². The van der Waals surface area contributed by atoms with Gasteiger partial charge >= 0.3 is 0 Å². The summed E-state index contributed by atoms with van der Waals surface area (Å²) < 4.78 is 24.1. The van der Waals surface area contributed by atoms with E-state index in [1.807, 2.05) is 0 Å². The molecule has 2 aromatic rings. The Bertz CT molecular complexity index is 599. The lowest BCUT2D eigenvalue weighted by Gasteiger charge is -1.99. The molecule has 84 valence electrons. The fraction of sp³-hybridized carbons (Fsp3) is 0.200. The fourth-order valence-electron chi connectivity index (χ4n) is 1.32. The highest BCUT2D eigenvalue weighted by atomic mass is 32.2. The standard InChI is InChI=1S/C10H11N3O2S/c1-13-7-11-10(12-13)8-3-5-9(6-4-8)16(2,14)15/h3-7H,1-2H3. The summed E-state index contributed by atoms with van der Waals surface area (Å²) in [5, 5.41) is 4.13. The zero-order chi connectivity index (χ0) is 11.8. The van der Waals surface area contributed by atoms with E-state index >= 15 is 0 Å². The molecule has 2 rings (SSSR count). The van der Waals surface area contributed by atoms with Gasteiger partial charge in [0, 0.05) is 18.9 Å². The monoisotopic (exact) mass is 237 g/mol. The van der Waals surface area contributed by atoms with Crippen molar-refractivity contribution in [2.45, 2.75) is 4.90 Å². The molecule has 1 heterocycles. The first kappa shape index (κ1) is 10.8. The van der Waals surface area contributed by atoms with Gasteiger partial charge in [0.2, 0.25) is 0 Å². The van der Waals surface area contributed by atoms with E-state index in [-0.39, 0.29) is 0 Å². The van der Waals surface area contributed by atoms with Gasteiger partial charge in [0.1, 0.15) is 6.33 Å². The second-order valence-electron chi connectivity index (χ2n) is 3.54. The average Bonchev–Trinajstić information content (AvgIpc) is 2.64. The Balaban J connectivity index is 2.40. The Labute approximate surface area is 93.7 Å². The third-order valence-electron chi connectivity index (χ3n) is 2.14. The van der Waals surface area contributed by atoms with Gasteiger partial charge in [0.25, 0.3) is 0 Å². The molecule has 0 aliphatic rings. The first-order valence-electron chi connectivity index (χ1n) is 4.63. The van der Waals surface area contributed by atoms with E-state index in [2.05, 4.69) is 10.1 Å². The highest BCUT2D eigenvalue weighted by Gasteiger charge is 2.08. The van der Waals surface area contributed by atoms with Crippen molar-refractivity contribution in [2.75, 3.05) is 6.26 Å².